The van der Waals surface area contributed by atoms with E-state index in [1.165, 1.54) is 11.1 Å². The minimum atomic E-state index is -0.0425. The Hall–Kier alpha value is -2.36. The van der Waals surface area contributed by atoms with Crippen LogP contribution in [0.15, 0.2) is 36.7 Å². The first-order valence-corrected chi connectivity index (χ1v) is 7.79. The largest absolute Gasteiger partial charge is 0.354 e. The van der Waals surface area contributed by atoms with Crippen molar-refractivity contribution >= 4 is 17.3 Å². The third-order valence-corrected chi connectivity index (χ3v) is 3.92. The summed E-state index contributed by atoms with van der Waals surface area (Å²) in [5, 5.41) is 6.40. The maximum absolute atomic E-state index is 12.1. The summed E-state index contributed by atoms with van der Waals surface area (Å²) < 4.78 is 0. The monoisotopic (exact) mass is 295 g/mol. The number of hydrogen-bond donors (Lipinski definition) is 2. The van der Waals surface area contributed by atoms with Crippen molar-refractivity contribution in [2.75, 3.05) is 5.32 Å². The van der Waals surface area contributed by atoms with E-state index in [9.17, 15) is 4.79 Å². The molecule has 22 heavy (non-hydrogen) atoms. The second kappa shape index (κ2) is 6.18. The number of carbonyl (C=O) groups is 1. The van der Waals surface area contributed by atoms with Gasteiger partial charge in [-0.3, -0.25) is 9.78 Å². The first-order valence-electron chi connectivity index (χ1n) is 7.79. The van der Waals surface area contributed by atoms with Gasteiger partial charge in [-0.25, -0.2) is 0 Å². The summed E-state index contributed by atoms with van der Waals surface area (Å²) in [4.78, 5) is 16.3. The normalized spacial score (nSPS) is 13.7. The van der Waals surface area contributed by atoms with Crippen LogP contribution in [-0.4, -0.2) is 16.9 Å². The molecular weight excluding hydrogens is 274 g/mol. The van der Waals surface area contributed by atoms with E-state index < -0.39 is 0 Å². The van der Waals surface area contributed by atoms with Crippen molar-refractivity contribution in [1.82, 2.24) is 10.3 Å². The molecule has 1 heterocycles. The zero-order valence-electron chi connectivity index (χ0n) is 13.0. The molecule has 4 nitrogen and oxygen atoms in total. The standard InChI is InChI=1S/C18H21N3O/c1-3-13-6-4-5-12(2)17(13)20-16-9-14(10-19-11-16)18(22)21-15-7-8-15/h4-6,9-11,15,20H,3,7-8H2,1-2H3,(H,21,22). The van der Waals surface area contributed by atoms with Crippen LogP contribution in [-0.2, 0) is 6.42 Å². The zero-order valence-corrected chi connectivity index (χ0v) is 13.0. The molecule has 1 amide bonds. The summed E-state index contributed by atoms with van der Waals surface area (Å²) in [6.45, 7) is 4.22. The van der Waals surface area contributed by atoms with Crippen molar-refractivity contribution < 1.29 is 4.79 Å². The van der Waals surface area contributed by atoms with E-state index in [4.69, 9.17) is 0 Å². The number of aryl methyl sites for hydroxylation is 2. The smallest absolute Gasteiger partial charge is 0.253 e. The Balaban J connectivity index is 1.82. The highest BCUT2D eigenvalue weighted by atomic mass is 16.1. The van der Waals surface area contributed by atoms with Crippen LogP contribution in [0, 0.1) is 6.92 Å². The second-order valence-electron chi connectivity index (χ2n) is 5.80. The van der Waals surface area contributed by atoms with E-state index in [-0.39, 0.29) is 5.91 Å². The average molecular weight is 295 g/mol. The predicted octanol–water partition coefficient (Wildman–Crippen LogP) is 3.59. The minimum Gasteiger partial charge on any atom is -0.354 e. The van der Waals surface area contributed by atoms with Crippen molar-refractivity contribution in [3.05, 3.63) is 53.3 Å². The van der Waals surface area contributed by atoms with Gasteiger partial charge in [0.15, 0.2) is 0 Å². The number of pyridine rings is 1. The lowest BCUT2D eigenvalue weighted by Gasteiger charge is -2.14. The molecule has 0 unspecified atom stereocenters. The molecule has 114 valence electrons. The van der Waals surface area contributed by atoms with Crippen molar-refractivity contribution in [3.8, 4) is 0 Å². The lowest BCUT2D eigenvalue weighted by molar-refractivity contribution is 0.0951. The van der Waals surface area contributed by atoms with E-state index in [1.54, 1.807) is 12.4 Å². The van der Waals surface area contributed by atoms with Crippen LogP contribution < -0.4 is 10.6 Å². The molecule has 1 aliphatic carbocycles. The van der Waals surface area contributed by atoms with Gasteiger partial charge in [-0.1, -0.05) is 25.1 Å². The third kappa shape index (κ3) is 3.27. The second-order valence-corrected chi connectivity index (χ2v) is 5.80. The van der Waals surface area contributed by atoms with E-state index in [1.807, 2.05) is 6.07 Å². The van der Waals surface area contributed by atoms with E-state index in [0.29, 0.717) is 11.6 Å². The Bertz CT molecular complexity index is 692. The molecule has 2 N–H and O–H groups in total. The van der Waals surface area contributed by atoms with Crippen LogP contribution in [0.1, 0.15) is 41.3 Å². The van der Waals surface area contributed by atoms with Gasteiger partial charge in [0, 0.05) is 17.9 Å². The number of nitrogens with one attached hydrogen (secondary N) is 2. The van der Waals surface area contributed by atoms with Gasteiger partial charge in [0.1, 0.15) is 0 Å². The molecule has 1 aliphatic rings. The number of para-hydroxylation sites is 1. The molecule has 1 aromatic heterocycles. The molecule has 0 radical (unpaired) electrons. The first kappa shape index (κ1) is 14.6. The highest BCUT2D eigenvalue weighted by molar-refractivity contribution is 5.95. The number of aromatic nitrogens is 1. The molecule has 0 saturated heterocycles. The number of anilines is 2. The van der Waals surface area contributed by atoms with Gasteiger partial charge >= 0.3 is 0 Å². The highest BCUT2D eigenvalue weighted by Crippen LogP contribution is 2.25. The summed E-state index contributed by atoms with van der Waals surface area (Å²) in [6.07, 6.45) is 6.49. The Morgan fingerprint density at radius 2 is 2.14 bits per heavy atom. The predicted molar refractivity (Wildman–Crippen MR) is 88.6 cm³/mol. The van der Waals surface area contributed by atoms with Crippen LogP contribution in [0.2, 0.25) is 0 Å². The number of carbonyl (C=O) groups excluding carboxylic acids is 1. The fourth-order valence-electron chi connectivity index (χ4n) is 2.48. The molecule has 1 fully saturated rings. The molecule has 0 bridgehead atoms. The molecule has 4 heteroatoms. The number of amides is 1. The number of benzene rings is 1. The highest BCUT2D eigenvalue weighted by Gasteiger charge is 2.24. The van der Waals surface area contributed by atoms with Crippen LogP contribution >= 0.6 is 0 Å². The van der Waals surface area contributed by atoms with E-state index in [2.05, 4.69) is 47.7 Å². The van der Waals surface area contributed by atoms with Crippen molar-refractivity contribution in [2.45, 2.75) is 39.2 Å². The van der Waals surface area contributed by atoms with Gasteiger partial charge in [0.25, 0.3) is 5.91 Å². The molecule has 1 saturated carbocycles. The van der Waals surface area contributed by atoms with Gasteiger partial charge in [-0.2, -0.15) is 0 Å². The molecule has 3 rings (SSSR count). The van der Waals surface area contributed by atoms with Crippen molar-refractivity contribution in [1.29, 1.82) is 0 Å². The van der Waals surface area contributed by atoms with Gasteiger partial charge in [-0.15, -0.1) is 0 Å². The lowest BCUT2D eigenvalue weighted by atomic mass is 10.1. The number of rotatable bonds is 5. The molecule has 1 aromatic carbocycles. The summed E-state index contributed by atoms with van der Waals surface area (Å²) in [6, 6.07) is 8.48. The van der Waals surface area contributed by atoms with Crippen LogP contribution in [0.5, 0.6) is 0 Å². The van der Waals surface area contributed by atoms with Gasteiger partial charge in [0.05, 0.1) is 17.4 Å². The van der Waals surface area contributed by atoms with Crippen LogP contribution in [0.25, 0.3) is 0 Å². The van der Waals surface area contributed by atoms with E-state index in [0.717, 1.165) is 30.6 Å². The maximum atomic E-state index is 12.1. The van der Waals surface area contributed by atoms with Gasteiger partial charge < -0.3 is 10.6 Å². The lowest BCUT2D eigenvalue weighted by Crippen LogP contribution is -2.25. The SMILES string of the molecule is CCc1cccc(C)c1Nc1cncc(C(=O)NC2CC2)c1. The number of nitrogens with zero attached hydrogens (tertiary/aromatic N) is 1. The first-order chi connectivity index (χ1) is 10.7. The van der Waals surface area contributed by atoms with Crippen molar-refractivity contribution in [2.24, 2.45) is 0 Å². The summed E-state index contributed by atoms with van der Waals surface area (Å²) >= 11 is 0. The quantitative estimate of drug-likeness (QED) is 0.886. The van der Waals surface area contributed by atoms with Gasteiger partial charge in [-0.05, 0) is 43.4 Å². The Morgan fingerprint density at radius 3 is 2.86 bits per heavy atom. The average Bonchev–Trinajstić information content (AvgIpc) is 3.33. The minimum absolute atomic E-state index is 0.0425. The maximum Gasteiger partial charge on any atom is 0.253 e. The Kier molecular flexibility index (Phi) is 4.09. The van der Waals surface area contributed by atoms with Crippen LogP contribution in [0.3, 0.4) is 0 Å². The fraction of sp³-hybridized carbons (Fsp3) is 0.333. The fourth-order valence-corrected chi connectivity index (χ4v) is 2.48. The summed E-state index contributed by atoms with van der Waals surface area (Å²) in [7, 11) is 0. The zero-order chi connectivity index (χ0) is 15.5. The molecule has 2 aromatic rings. The molecule has 0 spiro atoms. The molecule has 0 atom stereocenters. The van der Waals surface area contributed by atoms with E-state index >= 15 is 0 Å². The van der Waals surface area contributed by atoms with Gasteiger partial charge in [0.2, 0.25) is 0 Å². The van der Waals surface area contributed by atoms with Crippen LogP contribution in [0.4, 0.5) is 11.4 Å². The Morgan fingerprint density at radius 1 is 1.32 bits per heavy atom. The van der Waals surface area contributed by atoms with Crippen molar-refractivity contribution in [3.63, 3.8) is 0 Å². The third-order valence-electron chi connectivity index (χ3n) is 3.92. The summed E-state index contributed by atoms with van der Waals surface area (Å²) in [5.74, 6) is -0.0425. The molecular formula is C18H21N3O. The summed E-state index contributed by atoms with van der Waals surface area (Å²) in [5.41, 5.74) is 4.99. The topological polar surface area (TPSA) is 54.0 Å². The molecule has 0 aliphatic heterocycles. The number of hydrogen-bond acceptors (Lipinski definition) is 3. The Labute approximate surface area is 131 Å².